The molecule has 2 rings (SSSR count). The van der Waals surface area contributed by atoms with Crippen LogP contribution in [-0.4, -0.2) is 26.0 Å². The van der Waals surface area contributed by atoms with Crippen molar-refractivity contribution in [3.05, 3.63) is 59.4 Å². The SMILES string of the molecule is Cc1cccc(C)c1N(CCCC(=O)O)S(=O)(=O)c1ccc(F)cc1. The maximum atomic E-state index is 13.1. The Hall–Kier alpha value is -2.41. The third-order valence-electron chi connectivity index (χ3n) is 3.84. The van der Waals surface area contributed by atoms with Crippen molar-refractivity contribution in [2.24, 2.45) is 0 Å². The summed E-state index contributed by atoms with van der Waals surface area (Å²) in [4.78, 5) is 10.8. The molecule has 0 radical (unpaired) electrons. The maximum absolute atomic E-state index is 13.1. The highest BCUT2D eigenvalue weighted by molar-refractivity contribution is 7.92. The molecule has 1 N–H and O–H groups in total. The van der Waals surface area contributed by atoms with Crippen LogP contribution in [0.25, 0.3) is 0 Å². The van der Waals surface area contributed by atoms with Crippen molar-refractivity contribution in [3.63, 3.8) is 0 Å². The van der Waals surface area contributed by atoms with E-state index < -0.39 is 21.8 Å². The summed E-state index contributed by atoms with van der Waals surface area (Å²) >= 11 is 0. The van der Waals surface area contributed by atoms with E-state index in [4.69, 9.17) is 5.11 Å². The number of halogens is 1. The largest absolute Gasteiger partial charge is 0.481 e. The molecular formula is C18H20FNO4S. The molecule has 0 atom stereocenters. The molecular weight excluding hydrogens is 345 g/mol. The molecule has 0 saturated heterocycles. The second kappa shape index (κ2) is 7.65. The van der Waals surface area contributed by atoms with Gasteiger partial charge in [0.15, 0.2) is 0 Å². The second-order valence-electron chi connectivity index (χ2n) is 5.77. The Morgan fingerprint density at radius 1 is 1.08 bits per heavy atom. The highest BCUT2D eigenvalue weighted by Crippen LogP contribution is 2.30. The lowest BCUT2D eigenvalue weighted by atomic mass is 10.1. The summed E-state index contributed by atoms with van der Waals surface area (Å²) in [5, 5.41) is 8.85. The van der Waals surface area contributed by atoms with Crippen molar-refractivity contribution in [2.45, 2.75) is 31.6 Å². The fraction of sp³-hybridized carbons (Fsp3) is 0.278. The molecule has 0 aromatic heterocycles. The molecule has 0 amide bonds. The van der Waals surface area contributed by atoms with Crippen LogP contribution in [0.1, 0.15) is 24.0 Å². The van der Waals surface area contributed by atoms with Crippen LogP contribution in [0.3, 0.4) is 0 Å². The van der Waals surface area contributed by atoms with Gasteiger partial charge in [-0.1, -0.05) is 18.2 Å². The number of nitrogens with zero attached hydrogens (tertiary/aromatic N) is 1. The number of anilines is 1. The quantitative estimate of drug-likeness (QED) is 0.815. The molecule has 7 heteroatoms. The van der Waals surface area contributed by atoms with E-state index in [0.29, 0.717) is 5.69 Å². The molecule has 0 saturated carbocycles. The zero-order valence-electron chi connectivity index (χ0n) is 14.1. The second-order valence-corrected chi connectivity index (χ2v) is 7.63. The number of hydrogen-bond acceptors (Lipinski definition) is 3. The number of sulfonamides is 1. The van der Waals surface area contributed by atoms with Crippen molar-refractivity contribution in [2.75, 3.05) is 10.8 Å². The number of para-hydroxylation sites is 1. The summed E-state index contributed by atoms with van der Waals surface area (Å²) in [5.41, 5.74) is 2.05. The molecule has 2 aromatic rings. The lowest BCUT2D eigenvalue weighted by Crippen LogP contribution is -2.33. The third kappa shape index (κ3) is 4.36. The number of benzene rings is 2. The topological polar surface area (TPSA) is 74.7 Å². The lowest BCUT2D eigenvalue weighted by Gasteiger charge is -2.27. The van der Waals surface area contributed by atoms with Crippen molar-refractivity contribution < 1.29 is 22.7 Å². The van der Waals surface area contributed by atoms with Crippen molar-refractivity contribution in [3.8, 4) is 0 Å². The molecule has 0 fully saturated rings. The predicted molar refractivity (Wildman–Crippen MR) is 93.7 cm³/mol. The average Bonchev–Trinajstić information content (AvgIpc) is 2.53. The molecule has 5 nitrogen and oxygen atoms in total. The molecule has 0 spiro atoms. The Balaban J connectivity index is 2.50. The number of carbonyl (C=O) groups is 1. The van der Waals surface area contributed by atoms with Crippen LogP contribution >= 0.6 is 0 Å². The molecule has 0 heterocycles. The fourth-order valence-corrected chi connectivity index (χ4v) is 4.29. The number of hydrogen-bond donors (Lipinski definition) is 1. The van der Waals surface area contributed by atoms with Crippen LogP contribution < -0.4 is 4.31 Å². The summed E-state index contributed by atoms with van der Waals surface area (Å²) in [6, 6.07) is 10.0. The summed E-state index contributed by atoms with van der Waals surface area (Å²) in [5.74, 6) is -1.51. The molecule has 0 bridgehead atoms. The summed E-state index contributed by atoms with van der Waals surface area (Å²) in [7, 11) is -3.94. The van der Waals surface area contributed by atoms with Gasteiger partial charge in [0, 0.05) is 13.0 Å². The van der Waals surface area contributed by atoms with Gasteiger partial charge in [0.1, 0.15) is 5.82 Å². The molecule has 0 aliphatic heterocycles. The highest BCUT2D eigenvalue weighted by Gasteiger charge is 2.27. The minimum Gasteiger partial charge on any atom is -0.481 e. The molecule has 0 aliphatic rings. The van der Waals surface area contributed by atoms with Crippen LogP contribution in [0.2, 0.25) is 0 Å². The Labute approximate surface area is 146 Å². The Morgan fingerprint density at radius 3 is 2.16 bits per heavy atom. The van der Waals surface area contributed by atoms with Gasteiger partial charge in [-0.2, -0.15) is 0 Å². The zero-order chi connectivity index (χ0) is 18.6. The van der Waals surface area contributed by atoms with E-state index in [1.54, 1.807) is 26.0 Å². The van der Waals surface area contributed by atoms with Crippen LogP contribution in [0.15, 0.2) is 47.4 Å². The van der Waals surface area contributed by atoms with Gasteiger partial charge in [-0.15, -0.1) is 0 Å². The molecule has 0 aliphatic carbocycles. The Bertz CT molecular complexity index is 843. The van der Waals surface area contributed by atoms with E-state index >= 15 is 0 Å². The minimum atomic E-state index is -3.94. The van der Waals surface area contributed by atoms with Crippen LogP contribution in [-0.2, 0) is 14.8 Å². The molecule has 25 heavy (non-hydrogen) atoms. The van der Waals surface area contributed by atoms with E-state index in [1.807, 2.05) is 6.07 Å². The van der Waals surface area contributed by atoms with Crippen molar-refractivity contribution in [1.82, 2.24) is 0 Å². The third-order valence-corrected chi connectivity index (χ3v) is 5.66. The normalized spacial score (nSPS) is 11.3. The summed E-state index contributed by atoms with van der Waals surface area (Å²) < 4.78 is 40.5. The Morgan fingerprint density at radius 2 is 1.64 bits per heavy atom. The van der Waals surface area contributed by atoms with Gasteiger partial charge in [-0.05, 0) is 55.7 Å². The van der Waals surface area contributed by atoms with Gasteiger partial charge in [0.05, 0.1) is 10.6 Å². The first-order valence-corrected chi connectivity index (χ1v) is 9.24. The number of aliphatic carboxylic acids is 1. The van der Waals surface area contributed by atoms with Gasteiger partial charge >= 0.3 is 5.97 Å². The first kappa shape index (κ1) is 18.9. The van der Waals surface area contributed by atoms with Gasteiger partial charge in [0.25, 0.3) is 10.0 Å². The van der Waals surface area contributed by atoms with E-state index in [9.17, 15) is 17.6 Å². The van der Waals surface area contributed by atoms with Gasteiger partial charge in [-0.25, -0.2) is 12.8 Å². The van der Waals surface area contributed by atoms with E-state index in [1.165, 1.54) is 16.4 Å². The zero-order valence-corrected chi connectivity index (χ0v) is 14.9. The van der Waals surface area contributed by atoms with Crippen molar-refractivity contribution >= 4 is 21.7 Å². The van der Waals surface area contributed by atoms with Gasteiger partial charge in [0.2, 0.25) is 0 Å². The minimum absolute atomic E-state index is 0.0255. The van der Waals surface area contributed by atoms with Crippen molar-refractivity contribution in [1.29, 1.82) is 0 Å². The summed E-state index contributed by atoms with van der Waals surface area (Å²) in [6.45, 7) is 3.62. The number of aryl methyl sites for hydroxylation is 2. The van der Waals surface area contributed by atoms with E-state index in [0.717, 1.165) is 23.3 Å². The van der Waals surface area contributed by atoms with E-state index in [2.05, 4.69) is 0 Å². The summed E-state index contributed by atoms with van der Waals surface area (Å²) in [6.07, 6.45) is 0.0316. The predicted octanol–water partition coefficient (Wildman–Crippen LogP) is 3.50. The monoisotopic (exact) mass is 365 g/mol. The molecule has 134 valence electrons. The number of rotatable bonds is 7. The average molecular weight is 365 g/mol. The highest BCUT2D eigenvalue weighted by atomic mass is 32.2. The first-order chi connectivity index (χ1) is 11.7. The smallest absolute Gasteiger partial charge is 0.303 e. The Kier molecular flexibility index (Phi) is 5.79. The fourth-order valence-electron chi connectivity index (χ4n) is 2.66. The van der Waals surface area contributed by atoms with Gasteiger partial charge < -0.3 is 5.11 Å². The van der Waals surface area contributed by atoms with Crippen LogP contribution in [0.5, 0.6) is 0 Å². The number of carboxylic acid groups (broad SMARTS) is 1. The maximum Gasteiger partial charge on any atom is 0.303 e. The molecule has 2 aromatic carbocycles. The lowest BCUT2D eigenvalue weighted by molar-refractivity contribution is -0.137. The van der Waals surface area contributed by atoms with Crippen LogP contribution in [0.4, 0.5) is 10.1 Å². The first-order valence-electron chi connectivity index (χ1n) is 7.80. The van der Waals surface area contributed by atoms with Crippen LogP contribution in [0, 0.1) is 19.7 Å². The standard InChI is InChI=1S/C18H20FNO4S/c1-13-5-3-6-14(2)18(13)20(12-4-7-17(21)22)25(23,24)16-10-8-15(19)9-11-16/h3,5-6,8-11H,4,7,12H2,1-2H3,(H,21,22). The van der Waals surface area contributed by atoms with E-state index in [-0.39, 0.29) is 24.3 Å². The number of carboxylic acids is 1. The molecule has 0 unspecified atom stereocenters. The van der Waals surface area contributed by atoms with Gasteiger partial charge in [-0.3, -0.25) is 9.10 Å².